The standard InChI is InChI=1S/C13H20N2O2S2/c1-5-12(13(14)18)19(16,17)15(4)11-7-9(2)6-10(3)8-11/h6-8,12H,5H2,1-4H3,(H2,14,18). The first kappa shape index (κ1) is 15.9. The van der Waals surface area contributed by atoms with Gasteiger partial charge in [-0.15, -0.1) is 0 Å². The highest BCUT2D eigenvalue weighted by atomic mass is 32.2. The molecule has 0 bridgehead atoms. The zero-order valence-corrected chi connectivity index (χ0v) is 13.3. The van der Waals surface area contributed by atoms with Crippen LogP contribution in [0.1, 0.15) is 24.5 Å². The summed E-state index contributed by atoms with van der Waals surface area (Å²) in [4.78, 5) is 0.0127. The Kier molecular flexibility index (Phi) is 4.92. The van der Waals surface area contributed by atoms with Crippen molar-refractivity contribution in [2.75, 3.05) is 11.4 Å². The maximum Gasteiger partial charge on any atom is 0.244 e. The van der Waals surface area contributed by atoms with E-state index in [0.717, 1.165) is 11.1 Å². The number of rotatable bonds is 5. The van der Waals surface area contributed by atoms with Gasteiger partial charge in [-0.25, -0.2) is 8.42 Å². The number of nitrogens with zero attached hydrogens (tertiary/aromatic N) is 1. The molecule has 1 unspecified atom stereocenters. The fourth-order valence-electron chi connectivity index (χ4n) is 2.03. The topological polar surface area (TPSA) is 63.4 Å². The number of thiocarbonyl (C=S) groups is 1. The van der Waals surface area contributed by atoms with Gasteiger partial charge >= 0.3 is 0 Å². The third-order valence-corrected chi connectivity index (χ3v) is 5.71. The predicted octanol–water partition coefficient (Wildman–Crippen LogP) is 2.13. The predicted molar refractivity (Wildman–Crippen MR) is 84.1 cm³/mol. The third-order valence-electron chi connectivity index (χ3n) is 3.00. The molecule has 1 aromatic carbocycles. The molecule has 4 nitrogen and oxygen atoms in total. The second kappa shape index (κ2) is 5.88. The summed E-state index contributed by atoms with van der Waals surface area (Å²) in [6, 6.07) is 5.66. The van der Waals surface area contributed by atoms with Crippen LogP contribution in [0.15, 0.2) is 18.2 Å². The summed E-state index contributed by atoms with van der Waals surface area (Å²) in [5.41, 5.74) is 8.19. The highest BCUT2D eigenvalue weighted by Gasteiger charge is 2.31. The van der Waals surface area contributed by atoms with E-state index in [4.69, 9.17) is 18.0 Å². The Morgan fingerprint density at radius 3 is 2.16 bits per heavy atom. The Hall–Kier alpha value is -1.14. The first-order valence-electron chi connectivity index (χ1n) is 6.05. The summed E-state index contributed by atoms with van der Waals surface area (Å²) in [5.74, 6) is 0. The van der Waals surface area contributed by atoms with Crippen molar-refractivity contribution in [3.05, 3.63) is 29.3 Å². The van der Waals surface area contributed by atoms with Crippen molar-refractivity contribution in [3.8, 4) is 0 Å². The normalized spacial score (nSPS) is 13.1. The summed E-state index contributed by atoms with van der Waals surface area (Å²) in [7, 11) is -2.04. The third kappa shape index (κ3) is 3.45. The molecule has 0 saturated heterocycles. The Bertz CT molecular complexity index is 562. The number of nitrogens with two attached hydrogens (primary N) is 1. The number of sulfonamides is 1. The molecule has 106 valence electrons. The Labute approximate surface area is 120 Å². The monoisotopic (exact) mass is 300 g/mol. The minimum atomic E-state index is -3.57. The molecule has 0 aliphatic carbocycles. The van der Waals surface area contributed by atoms with E-state index in [9.17, 15) is 8.42 Å². The summed E-state index contributed by atoms with van der Waals surface area (Å²) < 4.78 is 26.2. The van der Waals surface area contributed by atoms with Gasteiger partial charge in [0.25, 0.3) is 0 Å². The van der Waals surface area contributed by atoms with Gasteiger partial charge in [0.2, 0.25) is 10.0 Å². The van der Waals surface area contributed by atoms with E-state index in [1.807, 2.05) is 32.0 Å². The molecule has 6 heteroatoms. The van der Waals surface area contributed by atoms with Crippen molar-refractivity contribution in [1.82, 2.24) is 0 Å². The molecular formula is C13H20N2O2S2. The lowest BCUT2D eigenvalue weighted by Crippen LogP contribution is -2.42. The van der Waals surface area contributed by atoms with Crippen LogP contribution in [-0.4, -0.2) is 25.7 Å². The highest BCUT2D eigenvalue weighted by Crippen LogP contribution is 2.23. The minimum absolute atomic E-state index is 0.0127. The molecule has 0 amide bonds. The molecular weight excluding hydrogens is 280 g/mol. The Balaban J connectivity index is 3.24. The fourth-order valence-corrected chi connectivity index (χ4v) is 4.06. The van der Waals surface area contributed by atoms with E-state index < -0.39 is 15.3 Å². The van der Waals surface area contributed by atoms with Crippen LogP contribution in [0.2, 0.25) is 0 Å². The molecule has 0 saturated carbocycles. The first-order chi connectivity index (χ1) is 8.70. The van der Waals surface area contributed by atoms with Crippen molar-refractivity contribution < 1.29 is 8.42 Å². The van der Waals surface area contributed by atoms with E-state index in [0.29, 0.717) is 12.1 Å². The number of hydrogen-bond donors (Lipinski definition) is 1. The second-order valence-corrected chi connectivity index (χ2v) is 7.28. The molecule has 0 aliphatic heterocycles. The number of benzene rings is 1. The van der Waals surface area contributed by atoms with Crippen molar-refractivity contribution in [1.29, 1.82) is 0 Å². The Morgan fingerprint density at radius 1 is 1.32 bits per heavy atom. The van der Waals surface area contributed by atoms with Gasteiger partial charge in [-0.2, -0.15) is 0 Å². The van der Waals surface area contributed by atoms with E-state index in [-0.39, 0.29) is 4.99 Å². The number of aryl methyl sites for hydroxylation is 2. The molecule has 0 spiro atoms. The molecule has 1 atom stereocenters. The van der Waals surface area contributed by atoms with Crippen LogP contribution >= 0.6 is 12.2 Å². The maximum absolute atomic E-state index is 12.5. The zero-order valence-electron chi connectivity index (χ0n) is 11.7. The van der Waals surface area contributed by atoms with Gasteiger partial charge in [-0.3, -0.25) is 4.31 Å². The van der Waals surface area contributed by atoms with Crippen LogP contribution in [0.4, 0.5) is 5.69 Å². The molecule has 2 N–H and O–H groups in total. The molecule has 19 heavy (non-hydrogen) atoms. The first-order valence-corrected chi connectivity index (χ1v) is 7.96. The molecule has 0 radical (unpaired) electrons. The van der Waals surface area contributed by atoms with Gasteiger partial charge in [0.15, 0.2) is 0 Å². The fraction of sp³-hybridized carbons (Fsp3) is 0.462. The molecule has 0 heterocycles. The van der Waals surface area contributed by atoms with Crippen molar-refractivity contribution >= 4 is 32.9 Å². The average Bonchev–Trinajstić information content (AvgIpc) is 2.26. The van der Waals surface area contributed by atoms with Crippen molar-refractivity contribution in [3.63, 3.8) is 0 Å². The summed E-state index contributed by atoms with van der Waals surface area (Å²) in [6.07, 6.45) is 0.368. The van der Waals surface area contributed by atoms with Crippen LogP contribution in [0.5, 0.6) is 0 Å². The lowest BCUT2D eigenvalue weighted by atomic mass is 10.1. The lowest BCUT2D eigenvalue weighted by molar-refractivity contribution is 0.587. The molecule has 0 aliphatic rings. The second-order valence-electron chi connectivity index (χ2n) is 4.66. The van der Waals surface area contributed by atoms with Gasteiger partial charge in [0, 0.05) is 7.05 Å². The van der Waals surface area contributed by atoms with Gasteiger partial charge in [-0.1, -0.05) is 25.2 Å². The van der Waals surface area contributed by atoms with Crippen LogP contribution in [0.3, 0.4) is 0 Å². The van der Waals surface area contributed by atoms with Crippen molar-refractivity contribution in [2.45, 2.75) is 32.4 Å². The van der Waals surface area contributed by atoms with Crippen LogP contribution in [0.25, 0.3) is 0 Å². The highest BCUT2D eigenvalue weighted by molar-refractivity contribution is 7.95. The SMILES string of the molecule is CCC(C(N)=S)S(=O)(=O)N(C)c1cc(C)cc(C)c1. The average molecular weight is 300 g/mol. The number of hydrogen-bond acceptors (Lipinski definition) is 3. The van der Waals surface area contributed by atoms with E-state index in [1.165, 1.54) is 11.4 Å². The lowest BCUT2D eigenvalue weighted by Gasteiger charge is -2.25. The van der Waals surface area contributed by atoms with Gasteiger partial charge < -0.3 is 5.73 Å². The molecule has 0 fully saturated rings. The smallest absolute Gasteiger partial charge is 0.244 e. The van der Waals surface area contributed by atoms with E-state index in [2.05, 4.69) is 0 Å². The van der Waals surface area contributed by atoms with Gasteiger partial charge in [-0.05, 0) is 43.5 Å². The molecule has 1 aromatic rings. The molecule has 0 aromatic heterocycles. The minimum Gasteiger partial charge on any atom is -0.392 e. The van der Waals surface area contributed by atoms with Crippen molar-refractivity contribution in [2.24, 2.45) is 5.73 Å². The van der Waals surface area contributed by atoms with Crippen LogP contribution in [0, 0.1) is 13.8 Å². The van der Waals surface area contributed by atoms with Gasteiger partial charge in [0.1, 0.15) is 5.25 Å². The maximum atomic E-state index is 12.5. The number of anilines is 1. The summed E-state index contributed by atoms with van der Waals surface area (Å²) >= 11 is 4.86. The van der Waals surface area contributed by atoms with Crippen LogP contribution < -0.4 is 10.0 Å². The van der Waals surface area contributed by atoms with Gasteiger partial charge in [0.05, 0.1) is 10.7 Å². The van der Waals surface area contributed by atoms with E-state index >= 15 is 0 Å². The largest absolute Gasteiger partial charge is 0.392 e. The zero-order chi connectivity index (χ0) is 14.8. The summed E-state index contributed by atoms with van der Waals surface area (Å²) in [5, 5.41) is -0.826. The Morgan fingerprint density at radius 2 is 1.79 bits per heavy atom. The molecule has 1 rings (SSSR count). The quantitative estimate of drug-likeness (QED) is 0.846. The summed E-state index contributed by atoms with van der Waals surface area (Å²) in [6.45, 7) is 5.63. The van der Waals surface area contributed by atoms with Crippen LogP contribution in [-0.2, 0) is 10.0 Å². The van der Waals surface area contributed by atoms with E-state index in [1.54, 1.807) is 6.92 Å².